The summed E-state index contributed by atoms with van der Waals surface area (Å²) in [6, 6.07) is 14.1. The van der Waals surface area contributed by atoms with Gasteiger partial charge in [0.25, 0.3) is 11.5 Å². The first-order valence-corrected chi connectivity index (χ1v) is 13.6. The molecule has 1 amide bonds. The third kappa shape index (κ3) is 6.48. The first kappa shape index (κ1) is 27.9. The molecule has 0 aliphatic rings. The number of amides is 1. The van der Waals surface area contributed by atoms with Crippen molar-refractivity contribution in [3.63, 3.8) is 0 Å². The molecule has 11 heteroatoms. The summed E-state index contributed by atoms with van der Waals surface area (Å²) < 4.78 is 21.7. The fourth-order valence-electron chi connectivity index (χ4n) is 3.63. The van der Waals surface area contributed by atoms with E-state index in [1.807, 2.05) is 19.9 Å². The molecule has 0 unspecified atom stereocenters. The maximum Gasteiger partial charge on any atom is 0.282 e. The first-order chi connectivity index (χ1) is 18.2. The van der Waals surface area contributed by atoms with Gasteiger partial charge >= 0.3 is 0 Å². The Morgan fingerprint density at radius 1 is 1.24 bits per heavy atom. The van der Waals surface area contributed by atoms with Crippen molar-refractivity contribution in [1.29, 1.82) is 0 Å². The van der Waals surface area contributed by atoms with Crippen molar-refractivity contribution in [2.45, 2.75) is 26.2 Å². The lowest BCUT2D eigenvalue weighted by atomic mass is 10.1. The molecule has 4 rings (SSSR count). The third-order valence-electron chi connectivity index (χ3n) is 5.69. The van der Waals surface area contributed by atoms with E-state index in [0.29, 0.717) is 43.2 Å². The van der Waals surface area contributed by atoms with Crippen LogP contribution in [0.3, 0.4) is 0 Å². The van der Waals surface area contributed by atoms with Crippen molar-refractivity contribution < 1.29 is 13.9 Å². The van der Waals surface area contributed by atoms with E-state index in [9.17, 15) is 14.0 Å². The second-order valence-electron chi connectivity index (χ2n) is 8.46. The number of carbonyl (C=O) groups is 1. The van der Waals surface area contributed by atoms with Gasteiger partial charge in [0.2, 0.25) is 0 Å². The minimum absolute atomic E-state index is 0.0405. The molecule has 0 fully saturated rings. The quantitative estimate of drug-likeness (QED) is 0.203. The van der Waals surface area contributed by atoms with Crippen LogP contribution in [0.5, 0.6) is 5.75 Å². The Morgan fingerprint density at radius 2 is 2.03 bits per heavy atom. The Morgan fingerprint density at radius 3 is 2.76 bits per heavy atom. The summed E-state index contributed by atoms with van der Waals surface area (Å²) in [5.74, 6) is -0.185. The van der Waals surface area contributed by atoms with Crippen molar-refractivity contribution in [3.8, 4) is 5.75 Å². The highest BCUT2D eigenvalue weighted by Gasteiger charge is 2.17. The standard InChI is InChI=1S/C27H22Br2ClFN4O3/c1-3-15(2)26-34-23-8-7-17(28)10-21(23)27(37)35(26)32-13-16-9-18(30)11-22(29)25(16)38-14-24(36)33-20-6-4-5-19(31)12-20/h4-13,15H,3,14H2,1-2H3,(H,33,36)/t15-/m0/s1. The summed E-state index contributed by atoms with van der Waals surface area (Å²) in [5, 5.41) is 7.86. The van der Waals surface area contributed by atoms with Crippen molar-refractivity contribution in [2.75, 3.05) is 11.9 Å². The van der Waals surface area contributed by atoms with Crippen LogP contribution in [0.1, 0.15) is 37.6 Å². The zero-order valence-electron chi connectivity index (χ0n) is 20.3. The number of ether oxygens (including phenoxy) is 1. The number of hydrogen-bond donors (Lipinski definition) is 1. The van der Waals surface area contributed by atoms with Crippen molar-refractivity contribution in [3.05, 3.63) is 96.1 Å². The molecule has 7 nitrogen and oxygen atoms in total. The Hall–Kier alpha value is -3.08. The topological polar surface area (TPSA) is 85.6 Å². The van der Waals surface area contributed by atoms with Gasteiger partial charge in [-0.1, -0.05) is 47.4 Å². The number of carbonyl (C=O) groups excluding carboxylic acids is 1. The zero-order valence-corrected chi connectivity index (χ0v) is 24.3. The van der Waals surface area contributed by atoms with E-state index in [1.54, 1.807) is 30.3 Å². The van der Waals surface area contributed by atoms with Gasteiger partial charge in [0, 0.05) is 26.7 Å². The van der Waals surface area contributed by atoms with Gasteiger partial charge in [0.05, 0.1) is 21.6 Å². The molecule has 0 spiro atoms. The van der Waals surface area contributed by atoms with E-state index in [1.165, 1.54) is 29.1 Å². The van der Waals surface area contributed by atoms with Crippen LogP contribution >= 0.6 is 43.5 Å². The van der Waals surface area contributed by atoms with E-state index in [0.717, 1.165) is 10.9 Å². The van der Waals surface area contributed by atoms with Crippen LogP contribution in [0.4, 0.5) is 10.1 Å². The van der Waals surface area contributed by atoms with Gasteiger partial charge in [-0.3, -0.25) is 9.59 Å². The van der Waals surface area contributed by atoms with Gasteiger partial charge < -0.3 is 10.1 Å². The Balaban J connectivity index is 1.68. The molecule has 1 atom stereocenters. The SMILES string of the molecule is CC[C@H](C)c1nc2ccc(Br)cc2c(=O)n1N=Cc1cc(Cl)cc(Br)c1OCC(=O)Nc1cccc(F)c1. The van der Waals surface area contributed by atoms with Gasteiger partial charge in [-0.2, -0.15) is 9.78 Å². The minimum Gasteiger partial charge on any atom is -0.482 e. The lowest BCUT2D eigenvalue weighted by Gasteiger charge is -2.15. The van der Waals surface area contributed by atoms with Crippen LogP contribution in [0, 0.1) is 5.82 Å². The molecular formula is C27H22Br2ClFN4O3. The number of hydrogen-bond acceptors (Lipinski definition) is 5. The number of halogens is 4. The fraction of sp³-hybridized carbons (Fsp3) is 0.185. The molecular weight excluding hydrogens is 643 g/mol. The molecule has 0 bridgehead atoms. The number of nitrogens with zero attached hydrogens (tertiary/aromatic N) is 3. The van der Waals surface area contributed by atoms with Gasteiger partial charge in [0.15, 0.2) is 6.61 Å². The van der Waals surface area contributed by atoms with E-state index in [2.05, 4.69) is 42.3 Å². The summed E-state index contributed by atoms with van der Waals surface area (Å²) in [7, 11) is 0. The van der Waals surface area contributed by atoms with E-state index < -0.39 is 11.7 Å². The summed E-state index contributed by atoms with van der Waals surface area (Å²) in [5.41, 5.74) is 1.00. The lowest BCUT2D eigenvalue weighted by Crippen LogP contribution is -2.24. The molecule has 3 aromatic carbocycles. The fourth-order valence-corrected chi connectivity index (χ4v) is 4.94. The highest BCUT2D eigenvalue weighted by molar-refractivity contribution is 9.10. The molecule has 38 heavy (non-hydrogen) atoms. The van der Waals surface area contributed by atoms with Crippen LogP contribution in [0.15, 0.2) is 73.4 Å². The Kier molecular flexibility index (Phi) is 8.96. The maximum absolute atomic E-state index is 13.4. The zero-order chi connectivity index (χ0) is 27.4. The summed E-state index contributed by atoms with van der Waals surface area (Å²) in [6.45, 7) is 3.62. The number of rotatable bonds is 8. The number of anilines is 1. The van der Waals surface area contributed by atoms with E-state index in [4.69, 9.17) is 21.3 Å². The van der Waals surface area contributed by atoms with Crippen LogP contribution in [0.25, 0.3) is 10.9 Å². The normalized spacial score (nSPS) is 12.2. The minimum atomic E-state index is -0.486. The number of fused-ring (bicyclic) bond motifs is 1. The number of aromatic nitrogens is 2. The van der Waals surface area contributed by atoms with Crippen molar-refractivity contribution in [1.82, 2.24) is 9.66 Å². The molecule has 4 aromatic rings. The monoisotopic (exact) mass is 662 g/mol. The van der Waals surface area contributed by atoms with Gasteiger partial charge in [-0.05, 0) is 70.9 Å². The van der Waals surface area contributed by atoms with Gasteiger partial charge in [0.1, 0.15) is 17.4 Å². The smallest absolute Gasteiger partial charge is 0.282 e. The Labute approximate surface area is 239 Å². The molecule has 1 heterocycles. The lowest BCUT2D eigenvalue weighted by molar-refractivity contribution is -0.118. The largest absolute Gasteiger partial charge is 0.482 e. The molecule has 0 radical (unpaired) electrons. The molecule has 1 aromatic heterocycles. The predicted molar refractivity (Wildman–Crippen MR) is 155 cm³/mol. The number of benzene rings is 3. The summed E-state index contributed by atoms with van der Waals surface area (Å²) >= 11 is 13.1. The second-order valence-corrected chi connectivity index (χ2v) is 10.7. The van der Waals surface area contributed by atoms with E-state index in [-0.39, 0.29) is 18.1 Å². The summed E-state index contributed by atoms with van der Waals surface area (Å²) in [6.07, 6.45) is 2.19. The highest BCUT2D eigenvalue weighted by atomic mass is 79.9. The average Bonchev–Trinajstić information content (AvgIpc) is 2.87. The molecule has 0 saturated carbocycles. The van der Waals surface area contributed by atoms with Crippen molar-refractivity contribution >= 4 is 72.2 Å². The van der Waals surface area contributed by atoms with Crippen LogP contribution in [-0.4, -0.2) is 28.4 Å². The van der Waals surface area contributed by atoms with Crippen molar-refractivity contribution in [2.24, 2.45) is 5.10 Å². The van der Waals surface area contributed by atoms with Crippen LogP contribution in [0.2, 0.25) is 5.02 Å². The predicted octanol–water partition coefficient (Wildman–Crippen LogP) is 7.13. The van der Waals surface area contributed by atoms with Crippen LogP contribution < -0.4 is 15.6 Å². The average molecular weight is 665 g/mol. The molecule has 196 valence electrons. The molecule has 0 aliphatic carbocycles. The number of nitrogens with one attached hydrogen (secondary N) is 1. The van der Waals surface area contributed by atoms with Gasteiger partial charge in [-0.25, -0.2) is 9.37 Å². The maximum atomic E-state index is 13.4. The van der Waals surface area contributed by atoms with E-state index >= 15 is 0 Å². The molecule has 0 saturated heterocycles. The molecule has 0 aliphatic heterocycles. The molecule has 1 N–H and O–H groups in total. The van der Waals surface area contributed by atoms with Crippen LogP contribution in [-0.2, 0) is 4.79 Å². The summed E-state index contributed by atoms with van der Waals surface area (Å²) in [4.78, 5) is 30.5. The highest BCUT2D eigenvalue weighted by Crippen LogP contribution is 2.32. The first-order valence-electron chi connectivity index (χ1n) is 11.6. The van der Waals surface area contributed by atoms with Gasteiger partial charge in [-0.15, -0.1) is 0 Å². The Bertz CT molecular complexity index is 1610. The third-order valence-corrected chi connectivity index (χ3v) is 6.99. The second kappa shape index (κ2) is 12.2.